The normalized spacial score (nSPS) is 20.7. The molecule has 2 aliphatic heterocycles. The Morgan fingerprint density at radius 2 is 2.09 bits per heavy atom. The Labute approximate surface area is 202 Å². The molecule has 6 heterocycles. The van der Waals surface area contributed by atoms with Gasteiger partial charge in [0.2, 0.25) is 0 Å². The number of likely N-dealkylation sites (N-methyl/N-ethyl adjacent to an activating group) is 1. The zero-order valence-corrected chi connectivity index (χ0v) is 20.5. The van der Waals surface area contributed by atoms with Crippen molar-refractivity contribution in [1.82, 2.24) is 19.5 Å². The van der Waals surface area contributed by atoms with Crippen LogP contribution >= 0.6 is 11.3 Å². The molecular formula is C25H28N6O2S. The predicted molar refractivity (Wildman–Crippen MR) is 135 cm³/mol. The number of aromatic nitrogens is 3. The summed E-state index contributed by atoms with van der Waals surface area (Å²) in [6.07, 6.45) is 5.50. The maximum absolute atomic E-state index is 13.1. The number of ether oxygens (including phenoxy) is 1. The van der Waals surface area contributed by atoms with Crippen LogP contribution in [0.25, 0.3) is 15.7 Å². The number of rotatable bonds is 4. The lowest BCUT2D eigenvalue weighted by atomic mass is 9.96. The van der Waals surface area contributed by atoms with Crippen molar-refractivity contribution in [3.8, 4) is 5.75 Å². The lowest BCUT2D eigenvalue weighted by molar-refractivity contribution is 0.103. The third-order valence-corrected chi connectivity index (χ3v) is 8.39. The van der Waals surface area contributed by atoms with Crippen molar-refractivity contribution in [2.45, 2.75) is 31.7 Å². The molecule has 176 valence electrons. The Balaban J connectivity index is 1.24. The molecule has 2 aliphatic rings. The first-order valence-electron chi connectivity index (χ1n) is 11.7. The van der Waals surface area contributed by atoms with Crippen LogP contribution in [0.1, 0.15) is 34.6 Å². The molecule has 1 N–H and O–H groups in total. The van der Waals surface area contributed by atoms with Crippen LogP contribution in [0.3, 0.4) is 0 Å². The van der Waals surface area contributed by atoms with Gasteiger partial charge in [0, 0.05) is 24.0 Å². The quantitative estimate of drug-likeness (QED) is 0.476. The molecule has 4 aromatic heterocycles. The van der Waals surface area contributed by atoms with E-state index in [0.29, 0.717) is 21.9 Å². The highest BCUT2D eigenvalue weighted by atomic mass is 32.1. The number of carbonyl (C=O) groups is 1. The zero-order chi connectivity index (χ0) is 23.4. The first-order chi connectivity index (χ1) is 16.4. The minimum absolute atomic E-state index is 0.170. The second-order valence-corrected chi connectivity index (χ2v) is 10.5. The maximum atomic E-state index is 13.1. The van der Waals surface area contributed by atoms with Gasteiger partial charge in [-0.25, -0.2) is 9.50 Å². The van der Waals surface area contributed by atoms with Gasteiger partial charge in [-0.1, -0.05) is 0 Å². The van der Waals surface area contributed by atoms with Crippen molar-refractivity contribution in [3.05, 3.63) is 47.1 Å². The second-order valence-electron chi connectivity index (χ2n) is 9.46. The average Bonchev–Trinajstić information content (AvgIpc) is 3.59. The molecule has 34 heavy (non-hydrogen) atoms. The summed E-state index contributed by atoms with van der Waals surface area (Å²) < 4.78 is 7.24. The topological polar surface area (TPSA) is 75.0 Å². The standard InChI is InChI=1S/C25H28N6O2S/c1-16-11-18-13-19(20(33-3)14-31(18)28-16)26-23(32)21-12-17-5-6-22(27-24(17)34-21)30-10-8-25(15-30)7-4-9-29(25)2/h5-6,11-14H,4,7-10,15H2,1-3H3,(H,26,32)/t25-/m0/s1. The largest absolute Gasteiger partial charge is 0.493 e. The van der Waals surface area contributed by atoms with Crippen LogP contribution in [0.2, 0.25) is 0 Å². The number of hydrogen-bond acceptors (Lipinski definition) is 7. The summed E-state index contributed by atoms with van der Waals surface area (Å²) in [6, 6.07) is 9.92. The molecule has 0 saturated carbocycles. The number of fused-ring (bicyclic) bond motifs is 2. The third-order valence-electron chi connectivity index (χ3n) is 7.35. The fourth-order valence-corrected chi connectivity index (χ4v) is 6.35. The summed E-state index contributed by atoms with van der Waals surface area (Å²) in [4.78, 5) is 24.5. The minimum atomic E-state index is -0.170. The summed E-state index contributed by atoms with van der Waals surface area (Å²) in [5.41, 5.74) is 2.72. The molecule has 0 aliphatic carbocycles. The first kappa shape index (κ1) is 21.4. The lowest BCUT2D eigenvalue weighted by Gasteiger charge is -2.32. The first-order valence-corrected chi connectivity index (χ1v) is 12.5. The monoisotopic (exact) mass is 476 g/mol. The summed E-state index contributed by atoms with van der Waals surface area (Å²) in [5, 5.41) is 8.40. The molecule has 6 rings (SSSR count). The van der Waals surface area contributed by atoms with Gasteiger partial charge < -0.3 is 15.0 Å². The number of pyridine rings is 2. The third kappa shape index (κ3) is 3.50. The van der Waals surface area contributed by atoms with Gasteiger partial charge >= 0.3 is 0 Å². The summed E-state index contributed by atoms with van der Waals surface area (Å²) in [7, 11) is 3.84. The molecule has 4 aromatic rings. The molecule has 0 aromatic carbocycles. The van der Waals surface area contributed by atoms with Crippen molar-refractivity contribution in [2.75, 3.05) is 44.0 Å². The van der Waals surface area contributed by atoms with Crippen molar-refractivity contribution in [1.29, 1.82) is 0 Å². The van der Waals surface area contributed by atoms with E-state index in [-0.39, 0.29) is 5.91 Å². The number of anilines is 2. The number of likely N-dealkylation sites (tertiary alicyclic amines) is 1. The van der Waals surface area contributed by atoms with Gasteiger partial charge in [0.05, 0.1) is 35.1 Å². The molecule has 1 amide bonds. The molecule has 9 heteroatoms. The van der Waals surface area contributed by atoms with E-state index in [4.69, 9.17) is 9.72 Å². The van der Waals surface area contributed by atoms with E-state index in [9.17, 15) is 4.79 Å². The summed E-state index contributed by atoms with van der Waals surface area (Å²) >= 11 is 1.42. The number of carbonyl (C=O) groups excluding carboxylic acids is 1. The van der Waals surface area contributed by atoms with Crippen molar-refractivity contribution in [2.24, 2.45) is 0 Å². The number of nitrogens with zero attached hydrogens (tertiary/aromatic N) is 5. The number of amides is 1. The lowest BCUT2D eigenvalue weighted by Crippen LogP contribution is -2.43. The Morgan fingerprint density at radius 3 is 2.88 bits per heavy atom. The molecule has 1 atom stereocenters. The van der Waals surface area contributed by atoms with Crippen LogP contribution in [0.4, 0.5) is 11.5 Å². The van der Waals surface area contributed by atoms with Gasteiger partial charge in [-0.05, 0) is 70.1 Å². The number of methoxy groups -OCH3 is 1. The van der Waals surface area contributed by atoms with Gasteiger partial charge in [0.25, 0.3) is 5.91 Å². The smallest absolute Gasteiger partial charge is 0.265 e. The number of aryl methyl sites for hydroxylation is 1. The second kappa shape index (κ2) is 7.95. The van der Waals surface area contributed by atoms with E-state index in [1.165, 1.54) is 37.1 Å². The van der Waals surface area contributed by atoms with E-state index in [1.807, 2.05) is 25.1 Å². The van der Waals surface area contributed by atoms with E-state index >= 15 is 0 Å². The molecule has 2 saturated heterocycles. The predicted octanol–water partition coefficient (Wildman–Crippen LogP) is 4.19. The van der Waals surface area contributed by atoms with Gasteiger partial charge in [-0.15, -0.1) is 11.3 Å². The van der Waals surface area contributed by atoms with E-state index < -0.39 is 0 Å². The highest BCUT2D eigenvalue weighted by Gasteiger charge is 2.44. The molecular weight excluding hydrogens is 448 g/mol. The van der Waals surface area contributed by atoms with Gasteiger partial charge in [-0.3, -0.25) is 9.69 Å². The van der Waals surface area contributed by atoms with Gasteiger partial charge in [0.1, 0.15) is 10.6 Å². The van der Waals surface area contributed by atoms with Crippen LogP contribution in [0.15, 0.2) is 36.5 Å². The molecule has 8 nitrogen and oxygen atoms in total. The Hall–Kier alpha value is -3.17. The van der Waals surface area contributed by atoms with Crippen molar-refractivity contribution in [3.63, 3.8) is 0 Å². The SMILES string of the molecule is COc1cn2nc(C)cc2cc1NC(=O)c1cc2ccc(N3CC[C@@]4(CCCN4C)C3)nc2s1. The fraction of sp³-hybridized carbons (Fsp3) is 0.400. The van der Waals surface area contributed by atoms with Crippen molar-refractivity contribution >= 4 is 44.5 Å². The number of thiophene rings is 1. The van der Waals surface area contributed by atoms with E-state index in [0.717, 1.165) is 40.3 Å². The molecule has 1 spiro atoms. The van der Waals surface area contributed by atoms with Crippen LogP contribution in [0, 0.1) is 6.92 Å². The van der Waals surface area contributed by atoms with Crippen LogP contribution in [-0.4, -0.2) is 64.7 Å². The highest BCUT2D eigenvalue weighted by Crippen LogP contribution is 2.38. The Morgan fingerprint density at radius 1 is 1.21 bits per heavy atom. The van der Waals surface area contributed by atoms with E-state index in [1.54, 1.807) is 17.8 Å². The summed E-state index contributed by atoms with van der Waals surface area (Å²) in [5.74, 6) is 1.39. The zero-order valence-electron chi connectivity index (χ0n) is 19.7. The van der Waals surface area contributed by atoms with Gasteiger partial charge in [-0.2, -0.15) is 5.10 Å². The fourth-order valence-electron chi connectivity index (χ4n) is 5.43. The summed E-state index contributed by atoms with van der Waals surface area (Å²) in [6.45, 7) is 5.17. The van der Waals surface area contributed by atoms with E-state index in [2.05, 4.69) is 39.4 Å². The van der Waals surface area contributed by atoms with Crippen molar-refractivity contribution < 1.29 is 9.53 Å². The average molecular weight is 477 g/mol. The number of nitrogens with one attached hydrogen (secondary N) is 1. The van der Waals surface area contributed by atoms with Crippen LogP contribution in [-0.2, 0) is 0 Å². The highest BCUT2D eigenvalue weighted by molar-refractivity contribution is 7.20. The van der Waals surface area contributed by atoms with Crippen LogP contribution in [0.5, 0.6) is 5.75 Å². The molecule has 0 bridgehead atoms. The Kier molecular flexibility index (Phi) is 5.00. The molecule has 2 fully saturated rings. The maximum Gasteiger partial charge on any atom is 0.265 e. The number of hydrogen-bond donors (Lipinski definition) is 1. The molecule has 0 radical (unpaired) electrons. The Bertz CT molecular complexity index is 1410. The van der Waals surface area contributed by atoms with Crippen LogP contribution < -0.4 is 15.0 Å². The molecule has 0 unspecified atom stereocenters. The van der Waals surface area contributed by atoms with Gasteiger partial charge in [0.15, 0.2) is 5.75 Å². The minimum Gasteiger partial charge on any atom is -0.493 e.